The van der Waals surface area contributed by atoms with Crippen LogP contribution in [0.15, 0.2) is 24.3 Å². The van der Waals surface area contributed by atoms with Gasteiger partial charge in [0.2, 0.25) is 0 Å². The summed E-state index contributed by atoms with van der Waals surface area (Å²) in [5.74, 6) is 0.609. The van der Waals surface area contributed by atoms with Crippen molar-refractivity contribution in [2.24, 2.45) is 5.92 Å². The van der Waals surface area contributed by atoms with Crippen molar-refractivity contribution >= 4 is 22.3 Å². The van der Waals surface area contributed by atoms with E-state index in [0.717, 1.165) is 16.0 Å². The summed E-state index contributed by atoms with van der Waals surface area (Å²) < 4.78 is 10.8. The van der Waals surface area contributed by atoms with Gasteiger partial charge in [-0.25, -0.2) is 4.79 Å². The van der Waals surface area contributed by atoms with Crippen LogP contribution in [0.1, 0.15) is 29.1 Å². The molecule has 118 valence electrons. The highest BCUT2D eigenvalue weighted by Gasteiger charge is 2.24. The first-order valence-electron chi connectivity index (χ1n) is 7.15. The lowest BCUT2D eigenvalue weighted by Crippen LogP contribution is -2.12. The number of methoxy groups -OCH3 is 1. The van der Waals surface area contributed by atoms with Gasteiger partial charge in [0.1, 0.15) is 16.3 Å². The number of thiophene rings is 1. The first-order chi connectivity index (χ1) is 10.5. The summed E-state index contributed by atoms with van der Waals surface area (Å²) in [6.45, 7) is 6.31. The molecule has 0 spiro atoms. The molecule has 2 aromatic rings. The minimum absolute atomic E-state index is 0.277. The third-order valence-corrected chi connectivity index (χ3v) is 4.17. The van der Waals surface area contributed by atoms with Crippen molar-refractivity contribution in [2.45, 2.75) is 20.8 Å². The lowest BCUT2D eigenvalue weighted by Gasteiger charge is -2.12. The van der Waals surface area contributed by atoms with E-state index in [2.05, 4.69) is 0 Å². The smallest absolute Gasteiger partial charge is 0.341 e. The van der Waals surface area contributed by atoms with Gasteiger partial charge >= 0.3 is 5.97 Å². The second-order valence-corrected chi connectivity index (χ2v) is 6.72. The van der Waals surface area contributed by atoms with Gasteiger partial charge in [0.25, 0.3) is 0 Å². The normalized spacial score (nSPS) is 10.8. The first kappa shape index (κ1) is 16.4. The molecule has 1 aromatic heterocycles. The maximum absolute atomic E-state index is 12.4. The Morgan fingerprint density at radius 2 is 2.00 bits per heavy atom. The number of nitrogens with two attached hydrogens (primary N) is 1. The summed E-state index contributed by atoms with van der Waals surface area (Å²) in [6, 6.07) is 7.59. The average molecular weight is 319 g/mol. The van der Waals surface area contributed by atoms with Crippen LogP contribution in [0.25, 0.3) is 11.1 Å². The fourth-order valence-corrected chi connectivity index (χ4v) is 3.19. The minimum atomic E-state index is -0.378. The topological polar surface area (TPSA) is 61.5 Å². The van der Waals surface area contributed by atoms with E-state index < -0.39 is 0 Å². The third kappa shape index (κ3) is 3.25. The number of nitrogen functional groups attached to an aromatic ring is 1. The first-order valence-corrected chi connectivity index (χ1v) is 7.96. The minimum Gasteiger partial charge on any atom is -0.496 e. The van der Waals surface area contributed by atoms with Gasteiger partial charge in [-0.05, 0) is 18.9 Å². The van der Waals surface area contributed by atoms with E-state index in [9.17, 15) is 4.79 Å². The number of carbonyl (C=O) groups excluding carboxylic acids is 1. The van der Waals surface area contributed by atoms with Crippen LogP contribution in [0.2, 0.25) is 0 Å². The standard InChI is InChI=1S/C17H21NO3S/c1-10(2)9-21-17(19)15-14(11(3)22-16(15)18)12-7-5-6-8-13(12)20-4/h5-8,10H,9,18H2,1-4H3. The van der Waals surface area contributed by atoms with Crippen LogP contribution >= 0.6 is 11.3 Å². The fraction of sp³-hybridized carbons (Fsp3) is 0.353. The molecule has 5 heteroatoms. The Balaban J connectivity index is 2.50. The number of para-hydroxylation sites is 1. The lowest BCUT2D eigenvalue weighted by molar-refractivity contribution is 0.0461. The van der Waals surface area contributed by atoms with Crippen molar-refractivity contribution in [1.29, 1.82) is 0 Å². The maximum atomic E-state index is 12.4. The summed E-state index contributed by atoms with van der Waals surface area (Å²) in [4.78, 5) is 13.4. The summed E-state index contributed by atoms with van der Waals surface area (Å²) in [7, 11) is 1.61. The summed E-state index contributed by atoms with van der Waals surface area (Å²) in [5, 5.41) is 0.479. The van der Waals surface area contributed by atoms with E-state index >= 15 is 0 Å². The molecule has 1 heterocycles. The number of benzene rings is 1. The van der Waals surface area contributed by atoms with Gasteiger partial charge in [-0.2, -0.15) is 0 Å². The highest BCUT2D eigenvalue weighted by atomic mass is 32.1. The van der Waals surface area contributed by atoms with Crippen molar-refractivity contribution in [3.63, 3.8) is 0 Å². The Bertz CT molecular complexity index is 677. The van der Waals surface area contributed by atoms with Gasteiger partial charge in [-0.3, -0.25) is 0 Å². The molecule has 0 saturated carbocycles. The van der Waals surface area contributed by atoms with E-state index in [-0.39, 0.29) is 11.9 Å². The molecular weight excluding hydrogens is 298 g/mol. The van der Waals surface area contributed by atoms with Crippen LogP contribution in [-0.4, -0.2) is 19.7 Å². The maximum Gasteiger partial charge on any atom is 0.341 e. The quantitative estimate of drug-likeness (QED) is 0.842. The zero-order valence-electron chi connectivity index (χ0n) is 13.3. The van der Waals surface area contributed by atoms with Gasteiger partial charge in [0.05, 0.1) is 13.7 Å². The van der Waals surface area contributed by atoms with Crippen LogP contribution < -0.4 is 10.5 Å². The van der Waals surface area contributed by atoms with Gasteiger partial charge in [-0.15, -0.1) is 11.3 Å². The molecule has 0 aliphatic rings. The third-order valence-electron chi connectivity index (χ3n) is 3.24. The average Bonchev–Trinajstić information content (AvgIpc) is 2.79. The van der Waals surface area contributed by atoms with Crippen LogP contribution in [0.3, 0.4) is 0 Å². The number of rotatable bonds is 5. The highest BCUT2D eigenvalue weighted by Crippen LogP contribution is 2.42. The molecule has 0 aliphatic carbocycles. The molecule has 0 aliphatic heterocycles. The largest absolute Gasteiger partial charge is 0.496 e. The summed E-state index contributed by atoms with van der Waals surface area (Å²) in [5.41, 5.74) is 8.15. The Kier molecular flexibility index (Phi) is 5.08. The summed E-state index contributed by atoms with van der Waals surface area (Å²) >= 11 is 1.39. The predicted octanol–water partition coefficient (Wildman–Crippen LogP) is 4.13. The number of hydrogen-bond donors (Lipinski definition) is 1. The molecule has 0 fully saturated rings. The monoisotopic (exact) mass is 319 g/mol. The number of esters is 1. The van der Waals surface area contributed by atoms with Crippen LogP contribution in [0.4, 0.5) is 5.00 Å². The summed E-state index contributed by atoms with van der Waals surface area (Å²) in [6.07, 6.45) is 0. The molecule has 0 bridgehead atoms. The number of anilines is 1. The van der Waals surface area contributed by atoms with Crippen molar-refractivity contribution in [3.05, 3.63) is 34.7 Å². The van der Waals surface area contributed by atoms with E-state index in [1.165, 1.54) is 11.3 Å². The Morgan fingerprint density at radius 3 is 2.64 bits per heavy atom. The van der Waals surface area contributed by atoms with Crippen molar-refractivity contribution in [1.82, 2.24) is 0 Å². The molecular formula is C17H21NO3S. The van der Waals surface area contributed by atoms with Crippen molar-refractivity contribution in [3.8, 4) is 16.9 Å². The zero-order valence-corrected chi connectivity index (χ0v) is 14.1. The molecule has 2 rings (SSSR count). The molecule has 0 radical (unpaired) electrons. The van der Waals surface area contributed by atoms with Crippen LogP contribution in [-0.2, 0) is 4.74 Å². The number of ether oxygens (including phenoxy) is 2. The van der Waals surface area contributed by atoms with E-state index in [0.29, 0.717) is 22.9 Å². The zero-order chi connectivity index (χ0) is 16.3. The predicted molar refractivity (Wildman–Crippen MR) is 90.6 cm³/mol. The number of hydrogen-bond acceptors (Lipinski definition) is 5. The molecule has 0 atom stereocenters. The molecule has 1 aromatic carbocycles. The van der Waals surface area contributed by atoms with Crippen molar-refractivity contribution < 1.29 is 14.3 Å². The van der Waals surface area contributed by atoms with Crippen molar-refractivity contribution in [2.75, 3.05) is 19.5 Å². The Hall–Kier alpha value is -2.01. The fourth-order valence-electron chi connectivity index (χ4n) is 2.26. The van der Waals surface area contributed by atoms with Gasteiger partial charge < -0.3 is 15.2 Å². The number of carbonyl (C=O) groups is 1. The van der Waals surface area contributed by atoms with E-state index in [1.54, 1.807) is 7.11 Å². The molecule has 0 amide bonds. The molecule has 4 nitrogen and oxygen atoms in total. The molecule has 22 heavy (non-hydrogen) atoms. The van der Waals surface area contributed by atoms with E-state index in [4.69, 9.17) is 15.2 Å². The van der Waals surface area contributed by atoms with E-state index in [1.807, 2.05) is 45.0 Å². The SMILES string of the molecule is COc1ccccc1-c1c(C)sc(N)c1C(=O)OCC(C)C. The lowest BCUT2D eigenvalue weighted by atomic mass is 10.0. The highest BCUT2D eigenvalue weighted by molar-refractivity contribution is 7.16. The molecule has 0 unspecified atom stereocenters. The van der Waals surface area contributed by atoms with Gasteiger partial charge in [0, 0.05) is 16.0 Å². The van der Waals surface area contributed by atoms with Crippen LogP contribution in [0, 0.1) is 12.8 Å². The van der Waals surface area contributed by atoms with Gasteiger partial charge in [0.15, 0.2) is 0 Å². The number of aryl methyl sites for hydroxylation is 1. The van der Waals surface area contributed by atoms with Gasteiger partial charge in [-0.1, -0.05) is 32.0 Å². The molecule has 2 N–H and O–H groups in total. The Labute approximate surface area is 134 Å². The molecule has 0 saturated heterocycles. The Morgan fingerprint density at radius 1 is 1.32 bits per heavy atom. The second-order valence-electron chi connectivity index (χ2n) is 5.47. The second kappa shape index (κ2) is 6.83. The van der Waals surface area contributed by atoms with Crippen LogP contribution in [0.5, 0.6) is 5.75 Å².